The van der Waals surface area contributed by atoms with E-state index in [0.29, 0.717) is 0 Å². The molecule has 0 radical (unpaired) electrons. The molecule has 0 atom stereocenters. The molecule has 0 aliphatic heterocycles. The van der Waals surface area contributed by atoms with Crippen LogP contribution in [0.15, 0.2) is 71.6 Å². The molecule has 7 heteroatoms. The average Bonchev–Trinajstić information content (AvgIpc) is 2.59. The summed E-state index contributed by atoms with van der Waals surface area (Å²) in [7, 11) is -3.77. The maximum atomic E-state index is 12.6. The van der Waals surface area contributed by atoms with Crippen LogP contribution in [0.1, 0.15) is 0 Å². The standard InChI is InChI=1S/C18H15NO5S/c20-18(21)12-24-16-7-3-6-15(11-16)19-25(22,23)17-9-8-13-4-1-2-5-14(13)10-17/h1-11,19H,12H2,(H,20,21). The van der Waals surface area contributed by atoms with Crippen molar-refractivity contribution in [3.05, 3.63) is 66.7 Å². The average molecular weight is 357 g/mol. The maximum absolute atomic E-state index is 12.6. The predicted molar refractivity (Wildman–Crippen MR) is 94.3 cm³/mol. The number of nitrogens with one attached hydrogen (secondary N) is 1. The van der Waals surface area contributed by atoms with Crippen LogP contribution in [0.5, 0.6) is 5.75 Å². The molecular formula is C18H15NO5S. The van der Waals surface area contributed by atoms with Crippen molar-refractivity contribution in [2.75, 3.05) is 11.3 Å². The van der Waals surface area contributed by atoms with Gasteiger partial charge >= 0.3 is 5.97 Å². The highest BCUT2D eigenvalue weighted by molar-refractivity contribution is 7.92. The Morgan fingerprint density at radius 2 is 1.72 bits per heavy atom. The molecule has 0 amide bonds. The second kappa shape index (κ2) is 6.82. The molecule has 0 unspecified atom stereocenters. The van der Waals surface area contributed by atoms with Gasteiger partial charge in [0.2, 0.25) is 0 Å². The molecule has 0 aliphatic rings. The van der Waals surface area contributed by atoms with E-state index in [-0.39, 0.29) is 16.3 Å². The largest absolute Gasteiger partial charge is 0.482 e. The zero-order chi connectivity index (χ0) is 17.9. The Morgan fingerprint density at radius 3 is 2.48 bits per heavy atom. The van der Waals surface area contributed by atoms with Crippen LogP contribution in [0.3, 0.4) is 0 Å². The number of carbonyl (C=O) groups is 1. The van der Waals surface area contributed by atoms with Crippen LogP contribution in [0.4, 0.5) is 5.69 Å². The van der Waals surface area contributed by atoms with Crippen molar-refractivity contribution in [3.63, 3.8) is 0 Å². The zero-order valence-corrected chi connectivity index (χ0v) is 13.9. The number of fused-ring (bicyclic) bond motifs is 1. The van der Waals surface area contributed by atoms with Gasteiger partial charge in [0.15, 0.2) is 6.61 Å². The van der Waals surface area contributed by atoms with E-state index >= 15 is 0 Å². The number of carboxylic acids is 1. The molecule has 3 rings (SSSR count). The van der Waals surface area contributed by atoms with Crippen LogP contribution >= 0.6 is 0 Å². The summed E-state index contributed by atoms with van der Waals surface area (Å²) in [5.41, 5.74) is 0.288. The third kappa shape index (κ3) is 4.07. The Hall–Kier alpha value is -3.06. The normalized spacial score (nSPS) is 11.2. The van der Waals surface area contributed by atoms with Crippen LogP contribution in [0.25, 0.3) is 10.8 Å². The number of rotatable bonds is 6. The highest BCUT2D eigenvalue weighted by Crippen LogP contribution is 2.23. The molecule has 2 N–H and O–H groups in total. The molecule has 0 bridgehead atoms. The summed E-state index contributed by atoms with van der Waals surface area (Å²) in [4.78, 5) is 10.7. The van der Waals surface area contributed by atoms with E-state index in [2.05, 4.69) is 4.72 Å². The summed E-state index contributed by atoms with van der Waals surface area (Å²) >= 11 is 0. The van der Waals surface area contributed by atoms with Crippen LogP contribution in [-0.2, 0) is 14.8 Å². The summed E-state index contributed by atoms with van der Waals surface area (Å²) in [5, 5.41) is 10.4. The molecule has 0 saturated heterocycles. The van der Waals surface area contributed by atoms with Gasteiger partial charge in [-0.05, 0) is 35.0 Å². The smallest absolute Gasteiger partial charge is 0.341 e. The number of sulfonamides is 1. The second-order valence-electron chi connectivity index (χ2n) is 5.32. The van der Waals surface area contributed by atoms with Gasteiger partial charge in [-0.25, -0.2) is 13.2 Å². The molecule has 0 heterocycles. The highest BCUT2D eigenvalue weighted by Gasteiger charge is 2.15. The molecule has 3 aromatic rings. The number of hydrogen-bond acceptors (Lipinski definition) is 4. The summed E-state index contributed by atoms with van der Waals surface area (Å²) in [6, 6.07) is 18.5. The lowest BCUT2D eigenvalue weighted by Gasteiger charge is -2.10. The van der Waals surface area contributed by atoms with E-state index in [9.17, 15) is 13.2 Å². The van der Waals surface area contributed by atoms with Gasteiger partial charge in [0, 0.05) is 6.07 Å². The van der Waals surface area contributed by atoms with E-state index in [1.165, 1.54) is 12.1 Å². The highest BCUT2D eigenvalue weighted by atomic mass is 32.2. The van der Waals surface area contributed by atoms with Gasteiger partial charge in [-0.1, -0.05) is 36.4 Å². The molecule has 0 spiro atoms. The first kappa shape index (κ1) is 16.8. The molecular weight excluding hydrogens is 342 g/mol. The minimum atomic E-state index is -3.77. The Morgan fingerprint density at radius 1 is 0.960 bits per heavy atom. The van der Waals surface area contributed by atoms with Crippen molar-refractivity contribution < 1.29 is 23.1 Å². The van der Waals surface area contributed by atoms with E-state index in [4.69, 9.17) is 9.84 Å². The van der Waals surface area contributed by atoms with Crippen molar-refractivity contribution in [2.45, 2.75) is 4.90 Å². The van der Waals surface area contributed by atoms with Crippen LogP contribution in [0.2, 0.25) is 0 Å². The number of ether oxygens (including phenoxy) is 1. The van der Waals surface area contributed by atoms with Gasteiger partial charge in [-0.15, -0.1) is 0 Å². The second-order valence-corrected chi connectivity index (χ2v) is 7.01. The molecule has 0 aliphatic carbocycles. The zero-order valence-electron chi connectivity index (χ0n) is 13.0. The summed E-state index contributed by atoms with van der Waals surface area (Å²) < 4.78 is 32.7. The first-order chi connectivity index (χ1) is 11.9. The predicted octanol–water partition coefficient (Wildman–Crippen LogP) is 3.10. The van der Waals surface area contributed by atoms with Crippen LogP contribution < -0.4 is 9.46 Å². The topological polar surface area (TPSA) is 92.7 Å². The molecule has 0 aromatic heterocycles. The Bertz CT molecular complexity index is 1030. The first-order valence-corrected chi connectivity index (χ1v) is 8.89. The third-order valence-electron chi connectivity index (χ3n) is 3.48. The van der Waals surface area contributed by atoms with Crippen molar-refractivity contribution in [3.8, 4) is 5.75 Å². The molecule has 128 valence electrons. The number of benzene rings is 3. The molecule has 3 aromatic carbocycles. The lowest BCUT2D eigenvalue weighted by Crippen LogP contribution is -2.13. The minimum absolute atomic E-state index is 0.142. The van der Waals surface area contributed by atoms with Crippen molar-refractivity contribution in [2.24, 2.45) is 0 Å². The number of hydrogen-bond donors (Lipinski definition) is 2. The fourth-order valence-corrected chi connectivity index (χ4v) is 3.43. The fourth-order valence-electron chi connectivity index (χ4n) is 2.34. The molecule has 0 saturated carbocycles. The van der Waals surface area contributed by atoms with E-state index in [1.807, 2.05) is 24.3 Å². The van der Waals surface area contributed by atoms with E-state index in [1.54, 1.807) is 30.3 Å². The van der Waals surface area contributed by atoms with E-state index in [0.717, 1.165) is 10.8 Å². The lowest BCUT2D eigenvalue weighted by atomic mass is 10.1. The van der Waals surface area contributed by atoms with Crippen molar-refractivity contribution in [1.82, 2.24) is 0 Å². The fraction of sp³-hybridized carbons (Fsp3) is 0.0556. The van der Waals surface area contributed by atoms with Gasteiger partial charge in [0.1, 0.15) is 5.75 Å². The van der Waals surface area contributed by atoms with Gasteiger partial charge in [0.05, 0.1) is 10.6 Å². The molecule has 6 nitrogen and oxygen atoms in total. The Labute approximate surface area is 144 Å². The molecule has 25 heavy (non-hydrogen) atoms. The Balaban J connectivity index is 1.85. The number of aliphatic carboxylic acids is 1. The van der Waals surface area contributed by atoms with Gasteiger partial charge in [0.25, 0.3) is 10.0 Å². The third-order valence-corrected chi connectivity index (χ3v) is 4.86. The van der Waals surface area contributed by atoms with Crippen molar-refractivity contribution >= 4 is 32.5 Å². The first-order valence-electron chi connectivity index (χ1n) is 7.40. The van der Waals surface area contributed by atoms with Crippen LogP contribution in [-0.4, -0.2) is 26.1 Å². The summed E-state index contributed by atoms with van der Waals surface area (Å²) in [6.45, 7) is -0.499. The monoisotopic (exact) mass is 357 g/mol. The number of carboxylic acid groups (broad SMARTS) is 1. The lowest BCUT2D eigenvalue weighted by molar-refractivity contribution is -0.139. The number of anilines is 1. The quantitative estimate of drug-likeness (QED) is 0.707. The summed E-state index contributed by atoms with van der Waals surface area (Å²) in [6.07, 6.45) is 0. The van der Waals surface area contributed by atoms with Gasteiger partial charge in [-0.3, -0.25) is 4.72 Å². The van der Waals surface area contributed by atoms with Crippen LogP contribution in [0, 0.1) is 0 Å². The minimum Gasteiger partial charge on any atom is -0.482 e. The SMILES string of the molecule is O=C(O)COc1cccc(NS(=O)(=O)c2ccc3ccccc3c2)c1. The molecule has 0 fully saturated rings. The Kier molecular flexibility index (Phi) is 4.58. The van der Waals surface area contributed by atoms with Gasteiger partial charge in [-0.2, -0.15) is 0 Å². The summed E-state index contributed by atoms with van der Waals surface area (Å²) in [5.74, 6) is -0.844. The van der Waals surface area contributed by atoms with Crippen molar-refractivity contribution in [1.29, 1.82) is 0 Å². The maximum Gasteiger partial charge on any atom is 0.341 e. The van der Waals surface area contributed by atoms with E-state index < -0.39 is 22.6 Å². The van der Waals surface area contributed by atoms with Gasteiger partial charge < -0.3 is 9.84 Å².